The number of aliphatic carboxylic acids is 1. The number of carbonyl (C=O) groups is 2. The van der Waals surface area contributed by atoms with E-state index in [1.807, 2.05) is 0 Å². The maximum absolute atomic E-state index is 14.8. The van der Waals surface area contributed by atoms with Crippen molar-refractivity contribution in [2.24, 2.45) is 33.3 Å². The van der Waals surface area contributed by atoms with E-state index in [4.69, 9.17) is 29.3 Å². The van der Waals surface area contributed by atoms with Gasteiger partial charge in [-0.05, 0) is 74.2 Å². The second-order valence-corrected chi connectivity index (χ2v) is 17.4. The third-order valence-electron chi connectivity index (χ3n) is 11.0. The van der Waals surface area contributed by atoms with Crippen molar-refractivity contribution >= 4 is 81.0 Å². The van der Waals surface area contributed by atoms with E-state index < -0.39 is 62.0 Å². The van der Waals surface area contributed by atoms with Gasteiger partial charge in [0.05, 0.1) is 53.4 Å². The van der Waals surface area contributed by atoms with Crippen molar-refractivity contribution < 1.29 is 80.2 Å². The Kier molecular flexibility index (Phi) is 15.4. The van der Waals surface area contributed by atoms with Crippen LogP contribution >= 0.6 is 23.5 Å². The number of pyridine rings is 4. The zero-order chi connectivity index (χ0) is 44.1. The summed E-state index contributed by atoms with van der Waals surface area (Å²) in [5, 5.41) is 11.8. The smallest absolute Gasteiger partial charge is 0.870 e. The average molecular weight is 899 g/mol. The van der Waals surface area contributed by atoms with Crippen molar-refractivity contribution in [3.63, 3.8) is 0 Å². The molecule has 15 nitrogen and oxygen atoms in total. The summed E-state index contributed by atoms with van der Waals surface area (Å²) in [5.41, 5.74) is 10.7. The van der Waals surface area contributed by atoms with E-state index in [0.717, 1.165) is 35.8 Å². The largest absolute Gasteiger partial charge is 1.00 e. The minimum Gasteiger partial charge on any atom is -0.870 e. The van der Waals surface area contributed by atoms with Crippen molar-refractivity contribution in [3.8, 4) is 0 Å². The number of halogens is 4. The molecule has 4 aromatic rings. The zero-order valence-corrected chi connectivity index (χ0v) is 36.3. The number of carbonyl (C=O) groups excluding carboxylic acids is 2. The standard InChI is InChI=1S/C21H17F2N5O2S.C20H15F2N5O2S.2Li.H2O/c1-20(16-8-21(16,18(29)30-3)31-19(24)28-20)13-6-11(9-27-17(13)23)7-14(22)15-5-4-12(25-2)10-26-15;1-19(15-7-20(15,17(28)29)30-18(23)27-19)12-5-10(8-26-16(12)22)6-13(21)14-4-3-11(24-2)9-25-14;;;/h4-7,9-10,16H,8H2,1,3H3,(H2,24,28);3-6,8-9,15H,7H2,1H3,(H2,23,27)(H,28,29);;;1H2/q;;2*+1;/p-2/b14-7-;13-6-;;;/t16-,20+,21-;15-,19+,20-;;;/m00.../s1. The van der Waals surface area contributed by atoms with Crippen molar-refractivity contribution in [2.45, 2.75) is 47.3 Å². The van der Waals surface area contributed by atoms with Gasteiger partial charge in [-0.2, -0.15) is 8.78 Å². The Labute approximate surface area is 396 Å². The molecule has 5 N–H and O–H groups in total. The Morgan fingerprint density at radius 3 is 1.55 bits per heavy atom. The molecule has 4 aromatic heterocycles. The minimum absolute atomic E-state index is 0. The number of fused-ring (bicyclic) bond motifs is 2. The number of ether oxygens (including phenoxy) is 1. The molecule has 2 aliphatic heterocycles. The molecule has 2 fully saturated rings. The van der Waals surface area contributed by atoms with Gasteiger partial charge in [0.25, 0.3) is 0 Å². The summed E-state index contributed by atoms with van der Waals surface area (Å²) in [6.07, 6.45) is 7.81. The van der Waals surface area contributed by atoms with Gasteiger partial charge in [0.15, 0.2) is 10.3 Å². The van der Waals surface area contributed by atoms with Gasteiger partial charge >= 0.3 is 43.7 Å². The molecule has 0 radical (unpaired) electrons. The Hall–Kier alpha value is -5.49. The molecule has 4 aliphatic rings. The number of carboxylic acid groups (broad SMARTS) is 1. The molecule has 23 heteroatoms. The molecular formula is C41H32F4Li2N10O5S2. The van der Waals surface area contributed by atoms with Crippen LogP contribution < -0.4 is 54.3 Å². The van der Waals surface area contributed by atoms with Gasteiger partial charge in [0.1, 0.15) is 16.4 Å². The van der Waals surface area contributed by atoms with Gasteiger partial charge in [-0.1, -0.05) is 35.7 Å². The molecule has 318 valence electrons. The normalized spacial score (nSPS) is 26.0. The van der Waals surface area contributed by atoms with E-state index in [1.165, 1.54) is 68.2 Å². The molecular weight excluding hydrogens is 867 g/mol. The number of esters is 1. The van der Waals surface area contributed by atoms with E-state index >= 15 is 0 Å². The van der Waals surface area contributed by atoms with Crippen LogP contribution in [0.1, 0.15) is 60.3 Å². The second kappa shape index (κ2) is 19.3. The maximum Gasteiger partial charge on any atom is 1.00 e. The molecule has 0 spiro atoms. The van der Waals surface area contributed by atoms with Crippen molar-refractivity contribution in [1.29, 1.82) is 0 Å². The number of aliphatic imine (C=N–C) groups is 2. The van der Waals surface area contributed by atoms with E-state index in [0.29, 0.717) is 17.7 Å². The number of amidine groups is 2. The van der Waals surface area contributed by atoms with Crippen LogP contribution in [0.3, 0.4) is 0 Å². The number of methoxy groups -OCH3 is 1. The summed E-state index contributed by atoms with van der Waals surface area (Å²) >= 11 is 2.03. The van der Waals surface area contributed by atoms with Crippen LogP contribution in [-0.4, -0.2) is 64.3 Å². The monoisotopic (exact) mass is 898 g/mol. The fourth-order valence-corrected chi connectivity index (χ4v) is 10.4. The van der Waals surface area contributed by atoms with Crippen LogP contribution in [0.2, 0.25) is 0 Å². The fraction of sp³-hybridized carbons (Fsp3) is 0.268. The minimum atomic E-state index is -1.28. The number of rotatable bonds is 8. The van der Waals surface area contributed by atoms with E-state index in [1.54, 1.807) is 13.8 Å². The number of nitrogens with zero attached hydrogens (tertiary/aromatic N) is 8. The van der Waals surface area contributed by atoms with Crippen LogP contribution in [0.25, 0.3) is 33.5 Å². The van der Waals surface area contributed by atoms with Crippen LogP contribution in [0.4, 0.5) is 28.9 Å². The Morgan fingerprint density at radius 2 is 1.17 bits per heavy atom. The Balaban J connectivity index is 0.000000268. The van der Waals surface area contributed by atoms with Crippen LogP contribution in [0.5, 0.6) is 0 Å². The summed E-state index contributed by atoms with van der Waals surface area (Å²) < 4.78 is 61.4. The maximum atomic E-state index is 14.8. The van der Waals surface area contributed by atoms with E-state index in [-0.39, 0.29) is 99.6 Å². The summed E-state index contributed by atoms with van der Waals surface area (Å²) in [6, 6.07) is 8.45. The van der Waals surface area contributed by atoms with Gasteiger partial charge < -0.3 is 31.6 Å². The van der Waals surface area contributed by atoms with Crippen LogP contribution in [-0.2, 0) is 25.4 Å². The van der Waals surface area contributed by atoms with Crippen LogP contribution in [0, 0.1) is 36.9 Å². The second-order valence-electron chi connectivity index (χ2n) is 14.7. The molecule has 8 rings (SSSR count). The molecule has 0 amide bonds. The molecule has 64 heavy (non-hydrogen) atoms. The molecule has 0 bridgehead atoms. The topological polar surface area (TPSA) is 233 Å². The number of thioether (sulfide) groups is 2. The first-order valence-corrected chi connectivity index (χ1v) is 19.7. The fourth-order valence-electron chi connectivity index (χ4n) is 7.68. The summed E-state index contributed by atoms with van der Waals surface area (Å²) in [5.74, 6) is -5.55. The number of hydrogen-bond donors (Lipinski definition) is 2. The Morgan fingerprint density at radius 1 is 0.766 bits per heavy atom. The summed E-state index contributed by atoms with van der Waals surface area (Å²) in [4.78, 5) is 54.4. The summed E-state index contributed by atoms with van der Waals surface area (Å²) in [7, 11) is 1.29. The Bertz CT molecular complexity index is 2720. The van der Waals surface area contributed by atoms with Crippen LogP contribution in [0.15, 0.2) is 71.2 Å². The van der Waals surface area contributed by atoms with Gasteiger partial charge in [-0.3, -0.25) is 24.7 Å². The first-order chi connectivity index (χ1) is 28.9. The molecule has 0 unspecified atom stereocenters. The van der Waals surface area contributed by atoms with E-state index in [9.17, 15) is 32.3 Å². The van der Waals surface area contributed by atoms with E-state index in [2.05, 4.69) is 39.6 Å². The van der Waals surface area contributed by atoms with Gasteiger partial charge in [-0.15, -0.1) is 0 Å². The molecule has 0 saturated heterocycles. The van der Waals surface area contributed by atoms with Crippen molar-refractivity contribution in [1.82, 2.24) is 19.9 Å². The zero-order valence-electron chi connectivity index (χ0n) is 34.6. The van der Waals surface area contributed by atoms with Crippen molar-refractivity contribution in [3.05, 3.63) is 130 Å². The van der Waals surface area contributed by atoms with Gasteiger partial charge in [0, 0.05) is 47.8 Å². The molecule has 6 heterocycles. The molecule has 2 aliphatic carbocycles. The van der Waals surface area contributed by atoms with Gasteiger partial charge in [-0.25, -0.2) is 28.4 Å². The number of carboxylic acids is 1. The van der Waals surface area contributed by atoms with Gasteiger partial charge in [0.2, 0.25) is 23.3 Å². The first-order valence-electron chi connectivity index (χ1n) is 18.1. The van der Waals surface area contributed by atoms with Crippen molar-refractivity contribution in [2.75, 3.05) is 7.11 Å². The number of nitrogens with two attached hydrogens (primary N) is 2. The predicted molar refractivity (Wildman–Crippen MR) is 221 cm³/mol. The number of hydrogen-bond acceptors (Lipinski definition) is 15. The quantitative estimate of drug-likeness (QED) is 0.0787. The average Bonchev–Trinajstić information content (AvgIpc) is 4.17. The summed E-state index contributed by atoms with van der Waals surface area (Å²) in [6.45, 7) is 17.1. The SMILES string of the molecule is [C-]#[N+]c1ccc(/C(F)=C/c2cnc(F)c([C@@]3(C)N=C(N)S[C@@]4(C(=O)OC)C[C@H]43)c2)nc1.[C-]#[N+]c1ccc(/C(F)=C/c2cnc(F)c([C@@]3(C)N=C(N)S[C@@]4(C(=O)[O-])C[C@H]43)c2)nc1.[Li+].[Li+].[OH-]. The predicted octanol–water partition coefficient (Wildman–Crippen LogP) is 0.0931. The molecule has 2 saturated carbocycles. The number of aromatic nitrogens is 4. The molecule has 6 atom stereocenters. The third kappa shape index (κ3) is 9.35. The molecule has 0 aromatic carbocycles. The first kappa shape index (κ1) is 51.2. The third-order valence-corrected chi connectivity index (χ3v) is 13.5.